The number of hydrogen-bond acceptors (Lipinski definition) is 3. The fourth-order valence-corrected chi connectivity index (χ4v) is 3.42. The lowest BCUT2D eigenvalue weighted by molar-refractivity contribution is -0.121. The van der Waals surface area contributed by atoms with E-state index in [9.17, 15) is 4.79 Å². The molecule has 0 spiro atoms. The Hall–Kier alpha value is -1.35. The summed E-state index contributed by atoms with van der Waals surface area (Å²) >= 11 is 0. The minimum atomic E-state index is 0. The molecule has 0 bridgehead atoms. The molecule has 1 aliphatic heterocycles. The fourth-order valence-electron chi connectivity index (χ4n) is 3.42. The van der Waals surface area contributed by atoms with Crippen molar-refractivity contribution in [3.63, 3.8) is 0 Å². The predicted molar refractivity (Wildman–Crippen MR) is 132 cm³/mol. The Morgan fingerprint density at radius 2 is 1.83 bits per heavy atom. The number of carbonyl (C=O) groups excluding carboxylic acids is 1. The Bertz CT molecular complexity index is 604. The van der Waals surface area contributed by atoms with Crippen LogP contribution in [0.25, 0.3) is 0 Å². The van der Waals surface area contributed by atoms with Gasteiger partial charge in [0.05, 0.1) is 12.6 Å². The van der Waals surface area contributed by atoms with Crippen LogP contribution in [0.4, 0.5) is 0 Å². The molecule has 1 aromatic carbocycles. The Morgan fingerprint density at radius 3 is 2.45 bits per heavy atom. The van der Waals surface area contributed by atoms with Crippen molar-refractivity contribution in [1.29, 1.82) is 0 Å². The second-order valence-corrected chi connectivity index (χ2v) is 7.44. The highest BCUT2D eigenvalue weighted by molar-refractivity contribution is 14.0. The van der Waals surface area contributed by atoms with Gasteiger partial charge in [0.2, 0.25) is 5.91 Å². The molecule has 6 nitrogen and oxygen atoms in total. The molecular formula is C22H38IN5O. The number of nitrogens with one attached hydrogen (secondary N) is 3. The largest absolute Gasteiger partial charge is 0.357 e. The first-order valence-electron chi connectivity index (χ1n) is 10.7. The van der Waals surface area contributed by atoms with E-state index in [4.69, 9.17) is 4.99 Å². The molecule has 29 heavy (non-hydrogen) atoms. The van der Waals surface area contributed by atoms with Crippen molar-refractivity contribution in [2.75, 3.05) is 32.7 Å². The van der Waals surface area contributed by atoms with Crippen molar-refractivity contribution in [3.05, 3.63) is 35.9 Å². The normalized spacial score (nSPS) is 16.6. The second-order valence-electron chi connectivity index (χ2n) is 7.44. The van der Waals surface area contributed by atoms with E-state index in [-0.39, 0.29) is 35.9 Å². The maximum atomic E-state index is 12.0. The molecule has 1 saturated heterocycles. The number of aliphatic imine (C=N–C) groups is 1. The highest BCUT2D eigenvalue weighted by Gasteiger charge is 2.23. The van der Waals surface area contributed by atoms with Crippen LogP contribution in [0.2, 0.25) is 0 Å². The molecule has 2 atom stereocenters. The van der Waals surface area contributed by atoms with Crippen LogP contribution in [0.3, 0.4) is 0 Å². The van der Waals surface area contributed by atoms with Gasteiger partial charge in [-0.3, -0.25) is 14.7 Å². The van der Waals surface area contributed by atoms with Gasteiger partial charge in [-0.15, -0.1) is 24.0 Å². The predicted octanol–water partition coefficient (Wildman–Crippen LogP) is 3.30. The first kappa shape index (κ1) is 25.7. The zero-order valence-electron chi connectivity index (χ0n) is 18.1. The van der Waals surface area contributed by atoms with Gasteiger partial charge in [0.15, 0.2) is 5.96 Å². The lowest BCUT2D eigenvalue weighted by Gasteiger charge is -2.27. The first-order chi connectivity index (χ1) is 13.6. The number of rotatable bonds is 10. The van der Waals surface area contributed by atoms with Crippen molar-refractivity contribution in [1.82, 2.24) is 20.9 Å². The molecule has 1 heterocycles. The molecule has 1 amide bonds. The summed E-state index contributed by atoms with van der Waals surface area (Å²) < 4.78 is 0. The number of nitrogens with zero attached hydrogens (tertiary/aromatic N) is 2. The van der Waals surface area contributed by atoms with Gasteiger partial charge in [-0.2, -0.15) is 0 Å². The van der Waals surface area contributed by atoms with Gasteiger partial charge in [0.1, 0.15) is 0 Å². The third-order valence-electron chi connectivity index (χ3n) is 5.20. The molecule has 1 aromatic rings. The quantitative estimate of drug-likeness (QED) is 0.254. The fraction of sp³-hybridized carbons (Fsp3) is 0.636. The summed E-state index contributed by atoms with van der Waals surface area (Å²) in [5.41, 5.74) is 1.32. The van der Waals surface area contributed by atoms with Gasteiger partial charge in [-0.25, -0.2) is 0 Å². The molecule has 1 aliphatic rings. The van der Waals surface area contributed by atoms with Crippen molar-refractivity contribution < 1.29 is 4.79 Å². The summed E-state index contributed by atoms with van der Waals surface area (Å²) in [7, 11) is 0. The standard InChI is InChI=1S/C22H37N5O.HI/c1-4-18(3)26-21(28)13-14-24-22(23-5-2)25-17-20(27-15-9-10-16-27)19-11-7-6-8-12-19;/h6-8,11-12,18,20H,4-5,9-10,13-17H2,1-3H3,(H,26,28)(H2,23,24,25);1H. The van der Waals surface area contributed by atoms with Crippen LogP contribution in [-0.4, -0.2) is 55.5 Å². The molecule has 3 N–H and O–H groups in total. The van der Waals surface area contributed by atoms with Gasteiger partial charge in [0.25, 0.3) is 0 Å². The number of carbonyl (C=O) groups is 1. The highest BCUT2D eigenvalue weighted by atomic mass is 127. The smallest absolute Gasteiger partial charge is 0.221 e. The van der Waals surface area contributed by atoms with Gasteiger partial charge in [0, 0.05) is 25.6 Å². The highest BCUT2D eigenvalue weighted by Crippen LogP contribution is 2.25. The summed E-state index contributed by atoms with van der Waals surface area (Å²) in [6.07, 6.45) is 3.91. The number of guanidine groups is 1. The topological polar surface area (TPSA) is 68.8 Å². The van der Waals surface area contributed by atoms with E-state index in [2.05, 4.69) is 65.0 Å². The van der Waals surface area contributed by atoms with E-state index >= 15 is 0 Å². The number of hydrogen-bond donors (Lipinski definition) is 3. The average molecular weight is 515 g/mol. The van der Waals surface area contributed by atoms with E-state index < -0.39 is 0 Å². The molecule has 1 fully saturated rings. The number of likely N-dealkylation sites (tertiary alicyclic amines) is 1. The summed E-state index contributed by atoms with van der Waals surface area (Å²) in [6, 6.07) is 11.2. The Morgan fingerprint density at radius 1 is 1.14 bits per heavy atom. The first-order valence-corrected chi connectivity index (χ1v) is 10.7. The second kappa shape index (κ2) is 14.6. The number of benzene rings is 1. The molecule has 0 saturated carbocycles. The van der Waals surface area contributed by atoms with Crippen LogP contribution in [0.5, 0.6) is 0 Å². The third kappa shape index (κ3) is 9.33. The van der Waals surface area contributed by atoms with Crippen LogP contribution in [0.15, 0.2) is 35.3 Å². The zero-order valence-corrected chi connectivity index (χ0v) is 20.4. The van der Waals surface area contributed by atoms with Crippen LogP contribution in [0, 0.1) is 0 Å². The molecule has 164 valence electrons. The van der Waals surface area contributed by atoms with Crippen LogP contribution in [0.1, 0.15) is 58.1 Å². The van der Waals surface area contributed by atoms with Crippen molar-refractivity contribution in [2.45, 2.75) is 58.5 Å². The van der Waals surface area contributed by atoms with E-state index in [1.165, 1.54) is 18.4 Å². The molecular weight excluding hydrogens is 477 g/mol. The molecule has 2 unspecified atom stereocenters. The van der Waals surface area contributed by atoms with E-state index in [0.717, 1.165) is 32.0 Å². The van der Waals surface area contributed by atoms with E-state index in [1.54, 1.807) is 0 Å². The Labute approximate surface area is 193 Å². The van der Waals surface area contributed by atoms with Gasteiger partial charge in [-0.05, 0) is 51.8 Å². The molecule has 2 rings (SSSR count). The number of amides is 1. The van der Waals surface area contributed by atoms with Crippen molar-refractivity contribution in [3.8, 4) is 0 Å². The van der Waals surface area contributed by atoms with Crippen LogP contribution < -0.4 is 16.0 Å². The minimum Gasteiger partial charge on any atom is -0.357 e. The van der Waals surface area contributed by atoms with Gasteiger partial charge in [-0.1, -0.05) is 37.3 Å². The summed E-state index contributed by atoms with van der Waals surface area (Å²) in [4.78, 5) is 19.3. The SMILES string of the molecule is CCNC(=NCC(c1ccccc1)N1CCCC1)NCCC(=O)NC(C)CC.I. The third-order valence-corrected chi connectivity index (χ3v) is 5.20. The number of halogens is 1. The average Bonchev–Trinajstić information content (AvgIpc) is 3.23. The van der Waals surface area contributed by atoms with Gasteiger partial charge >= 0.3 is 0 Å². The van der Waals surface area contributed by atoms with Crippen molar-refractivity contribution in [2.24, 2.45) is 4.99 Å². The summed E-state index contributed by atoms with van der Waals surface area (Å²) in [6.45, 7) is 10.5. The molecule has 0 aromatic heterocycles. The van der Waals surface area contributed by atoms with Gasteiger partial charge < -0.3 is 16.0 Å². The van der Waals surface area contributed by atoms with Crippen molar-refractivity contribution >= 4 is 35.8 Å². The molecule has 7 heteroatoms. The molecule has 0 aliphatic carbocycles. The maximum Gasteiger partial charge on any atom is 0.221 e. The Kier molecular flexibility index (Phi) is 12.9. The van der Waals surface area contributed by atoms with E-state index in [0.29, 0.717) is 25.6 Å². The maximum absolute atomic E-state index is 12.0. The minimum absolute atomic E-state index is 0. The summed E-state index contributed by atoms with van der Waals surface area (Å²) in [5, 5.41) is 9.59. The monoisotopic (exact) mass is 515 g/mol. The Balaban J connectivity index is 0.00000420. The van der Waals surface area contributed by atoms with E-state index in [1.807, 2.05) is 6.92 Å². The van der Waals surface area contributed by atoms with Crippen LogP contribution in [-0.2, 0) is 4.79 Å². The lowest BCUT2D eigenvalue weighted by atomic mass is 10.1. The van der Waals surface area contributed by atoms with Crippen LogP contribution >= 0.6 is 24.0 Å². The zero-order chi connectivity index (χ0) is 20.2. The summed E-state index contributed by atoms with van der Waals surface area (Å²) in [5.74, 6) is 0.857. The molecule has 0 radical (unpaired) electrons. The lowest BCUT2D eigenvalue weighted by Crippen LogP contribution is -2.41.